The van der Waals surface area contributed by atoms with Crippen LogP contribution in [0.4, 0.5) is 21.0 Å². The number of aromatic nitrogens is 1. The average molecular weight is 537 g/mol. The normalized spacial score (nSPS) is 16.1. The maximum atomic E-state index is 12.5. The molecule has 1 aliphatic heterocycles. The number of benzene rings is 2. The topological polar surface area (TPSA) is 141 Å². The van der Waals surface area contributed by atoms with Gasteiger partial charge in [-0.3, -0.25) is 4.79 Å². The quantitative estimate of drug-likeness (QED) is 0.377. The summed E-state index contributed by atoms with van der Waals surface area (Å²) in [5.41, 5.74) is 2.66. The average Bonchev–Trinajstić information content (AvgIpc) is 3.73. The van der Waals surface area contributed by atoms with E-state index in [4.69, 9.17) is 18.6 Å². The van der Waals surface area contributed by atoms with E-state index in [2.05, 4.69) is 20.9 Å². The highest BCUT2D eigenvalue weighted by molar-refractivity contribution is 6.00. The molecule has 39 heavy (non-hydrogen) atoms. The molecule has 0 radical (unpaired) electrons. The smallest absolute Gasteiger partial charge is 0.407 e. The Morgan fingerprint density at radius 2 is 1.87 bits per heavy atom. The van der Waals surface area contributed by atoms with Gasteiger partial charge in [0.05, 0.1) is 32.1 Å². The van der Waals surface area contributed by atoms with E-state index in [1.54, 1.807) is 42.6 Å². The van der Waals surface area contributed by atoms with Crippen molar-refractivity contribution in [1.29, 1.82) is 0 Å². The molecule has 206 valence electrons. The van der Waals surface area contributed by atoms with Crippen molar-refractivity contribution < 1.29 is 33.0 Å². The van der Waals surface area contributed by atoms with Crippen LogP contribution in [0, 0.1) is 0 Å². The molecule has 2 heterocycles. The van der Waals surface area contributed by atoms with Gasteiger partial charge in [0.25, 0.3) is 0 Å². The van der Waals surface area contributed by atoms with E-state index in [-0.39, 0.29) is 12.6 Å². The minimum Gasteiger partial charge on any atom is -0.496 e. The Morgan fingerprint density at radius 1 is 1.08 bits per heavy atom. The summed E-state index contributed by atoms with van der Waals surface area (Å²) in [5.74, 6) is 1.55. The highest BCUT2D eigenvalue weighted by Gasteiger charge is 2.19. The van der Waals surface area contributed by atoms with Crippen LogP contribution in [0.15, 0.2) is 59.5 Å². The van der Waals surface area contributed by atoms with Crippen molar-refractivity contribution in [2.45, 2.75) is 44.8 Å². The molecule has 2 aromatic carbocycles. The van der Waals surface area contributed by atoms with Gasteiger partial charge in [0, 0.05) is 43.2 Å². The summed E-state index contributed by atoms with van der Waals surface area (Å²) in [4.78, 5) is 38.5. The van der Waals surface area contributed by atoms with Crippen molar-refractivity contribution in [3.05, 3.63) is 60.6 Å². The summed E-state index contributed by atoms with van der Waals surface area (Å²) in [5, 5.41) is 8.25. The Balaban J connectivity index is 0.000000519. The Bertz CT molecular complexity index is 1250. The largest absolute Gasteiger partial charge is 0.496 e. The zero-order chi connectivity index (χ0) is 27.5. The zero-order valence-corrected chi connectivity index (χ0v) is 21.7. The molecule has 3 N–H and O–H groups in total. The van der Waals surface area contributed by atoms with Crippen LogP contribution in [0.2, 0.25) is 0 Å². The molecule has 1 unspecified atom stereocenters. The Morgan fingerprint density at radius 3 is 2.51 bits per heavy atom. The number of oxazole rings is 1. The highest BCUT2D eigenvalue weighted by Crippen LogP contribution is 2.32. The minimum atomic E-state index is -0.496. The van der Waals surface area contributed by atoms with Crippen LogP contribution in [0.1, 0.15) is 37.7 Å². The first-order valence-electron chi connectivity index (χ1n) is 12.8. The third-order valence-corrected chi connectivity index (χ3v) is 6.10. The number of hydrogen-bond acceptors (Lipinski definition) is 8. The van der Waals surface area contributed by atoms with Crippen LogP contribution in [0.25, 0.3) is 11.3 Å². The van der Waals surface area contributed by atoms with Crippen molar-refractivity contribution in [2.24, 2.45) is 0 Å². The summed E-state index contributed by atoms with van der Waals surface area (Å²) >= 11 is 0. The highest BCUT2D eigenvalue weighted by atomic mass is 16.6. The molecule has 2 aliphatic rings. The number of amides is 3. The summed E-state index contributed by atoms with van der Waals surface area (Å²) in [7, 11) is 1.54. The Labute approximate surface area is 226 Å². The van der Waals surface area contributed by atoms with Crippen LogP contribution < -0.4 is 20.7 Å². The van der Waals surface area contributed by atoms with Crippen LogP contribution in [0.3, 0.4) is 0 Å². The molecule has 3 amide bonds. The van der Waals surface area contributed by atoms with Crippen molar-refractivity contribution in [1.82, 2.24) is 10.3 Å². The molecule has 1 saturated carbocycles. The lowest BCUT2D eigenvalue weighted by molar-refractivity contribution is -0.117. The van der Waals surface area contributed by atoms with E-state index in [0.29, 0.717) is 48.3 Å². The number of rotatable bonds is 7. The van der Waals surface area contributed by atoms with Gasteiger partial charge in [0.1, 0.15) is 17.6 Å². The van der Waals surface area contributed by atoms with E-state index in [9.17, 15) is 14.4 Å². The second-order valence-electron chi connectivity index (χ2n) is 9.05. The Hall–Kier alpha value is -4.38. The van der Waals surface area contributed by atoms with Gasteiger partial charge in [-0.2, -0.15) is 0 Å². The molecular weight excluding hydrogens is 504 g/mol. The first kappa shape index (κ1) is 27.6. The lowest BCUT2D eigenvalue weighted by Crippen LogP contribution is -2.28. The van der Waals surface area contributed by atoms with Gasteiger partial charge in [-0.15, -0.1) is 0 Å². The lowest BCUT2D eigenvalue weighted by Gasteiger charge is -2.13. The second-order valence-corrected chi connectivity index (χ2v) is 9.05. The molecule has 5 rings (SSSR count). The fourth-order valence-corrected chi connectivity index (χ4v) is 4.12. The zero-order valence-electron chi connectivity index (χ0n) is 21.7. The number of ketones is 1. The number of carbonyl (C=O) groups is 3. The minimum absolute atomic E-state index is 0.204. The molecule has 1 saturated heterocycles. The molecular formula is C28H32N4O7. The number of ether oxygens (including phenoxy) is 3. The lowest BCUT2D eigenvalue weighted by atomic mass is 10.1. The third-order valence-electron chi connectivity index (χ3n) is 6.10. The van der Waals surface area contributed by atoms with Gasteiger partial charge in [-0.25, -0.2) is 14.6 Å². The number of hydrogen-bond donors (Lipinski definition) is 3. The number of alkyl carbamates (subject to hydrolysis) is 1. The molecule has 1 atom stereocenters. The van der Waals surface area contributed by atoms with Crippen LogP contribution in [-0.2, 0) is 20.8 Å². The van der Waals surface area contributed by atoms with E-state index in [1.807, 2.05) is 6.07 Å². The van der Waals surface area contributed by atoms with E-state index in [0.717, 1.165) is 36.8 Å². The number of anilines is 2. The van der Waals surface area contributed by atoms with Crippen molar-refractivity contribution in [3.63, 3.8) is 0 Å². The van der Waals surface area contributed by atoms with Crippen molar-refractivity contribution in [2.75, 3.05) is 31.0 Å². The maximum absolute atomic E-state index is 12.5. The fraction of sp³-hybridized carbons (Fsp3) is 0.357. The van der Waals surface area contributed by atoms with Crippen molar-refractivity contribution in [3.8, 4) is 17.1 Å². The predicted molar refractivity (Wildman–Crippen MR) is 144 cm³/mol. The van der Waals surface area contributed by atoms with E-state index in [1.165, 1.54) is 13.5 Å². The summed E-state index contributed by atoms with van der Waals surface area (Å²) < 4.78 is 21.2. The molecule has 1 aromatic heterocycles. The Kier molecular flexibility index (Phi) is 9.90. The summed E-state index contributed by atoms with van der Waals surface area (Å²) in [6.07, 6.45) is 6.90. The molecule has 3 aromatic rings. The van der Waals surface area contributed by atoms with E-state index >= 15 is 0 Å². The third kappa shape index (κ3) is 8.57. The van der Waals surface area contributed by atoms with Crippen LogP contribution in [0.5, 0.6) is 5.75 Å². The number of nitrogens with one attached hydrogen (secondary N) is 3. The second kappa shape index (κ2) is 14.0. The van der Waals surface area contributed by atoms with Crippen molar-refractivity contribution >= 4 is 29.3 Å². The van der Waals surface area contributed by atoms with Gasteiger partial charge in [-0.05, 0) is 42.7 Å². The van der Waals surface area contributed by atoms with Crippen LogP contribution >= 0.6 is 0 Å². The molecule has 2 fully saturated rings. The molecule has 0 bridgehead atoms. The summed E-state index contributed by atoms with van der Waals surface area (Å²) in [6.45, 7) is 1.30. The first-order chi connectivity index (χ1) is 19.0. The van der Waals surface area contributed by atoms with E-state index < -0.39 is 12.1 Å². The molecule has 11 nitrogen and oxygen atoms in total. The monoisotopic (exact) mass is 536 g/mol. The van der Waals surface area contributed by atoms with Gasteiger partial charge in [0.2, 0.25) is 0 Å². The number of nitrogens with zero attached hydrogens (tertiary/aromatic N) is 1. The number of carbonyl (C=O) groups excluding carboxylic acids is 3. The predicted octanol–water partition coefficient (Wildman–Crippen LogP) is 5.14. The number of Topliss-reactive ketones (excluding diaryl/α,β-unsaturated/α-hetero) is 1. The molecule has 0 spiro atoms. The van der Waals surface area contributed by atoms with Gasteiger partial charge in [0.15, 0.2) is 12.2 Å². The summed E-state index contributed by atoms with van der Waals surface area (Å²) in [6, 6.07) is 11.9. The number of urea groups is 1. The molecule has 11 heteroatoms. The molecule has 1 aliphatic carbocycles. The number of methoxy groups -OCH3 is 1. The van der Waals surface area contributed by atoms with Gasteiger partial charge >= 0.3 is 12.1 Å². The SMILES string of the molecule is COc1cc(NC(=O)Nc2cccc(CNC(=O)OC3CCOC3)c2)ccc1-c1cnco1.O=C1CCCC1. The van der Waals surface area contributed by atoms with Gasteiger partial charge < -0.3 is 34.6 Å². The van der Waals surface area contributed by atoms with Crippen LogP contribution in [-0.4, -0.2) is 49.3 Å². The fourth-order valence-electron chi connectivity index (χ4n) is 4.12. The van der Waals surface area contributed by atoms with Gasteiger partial charge in [-0.1, -0.05) is 12.1 Å². The maximum Gasteiger partial charge on any atom is 0.407 e. The standard InChI is InChI=1S/C23H24N4O6.C5H8O/c1-30-20-10-17(5-6-19(20)21-12-24-14-32-21)27-22(28)26-16-4-2-3-15(9-16)11-25-23(29)33-18-7-8-31-13-18;6-5-3-1-2-4-5/h2-6,9-10,12,14,18H,7-8,11,13H2,1H3,(H,25,29)(H2,26,27,28);1-4H2. The first-order valence-corrected chi connectivity index (χ1v) is 12.8.